The molecule has 1 aliphatic heterocycles. The Balaban J connectivity index is 0.00000392. The summed E-state index contributed by atoms with van der Waals surface area (Å²) in [5.41, 5.74) is 1.70. The maximum Gasteiger partial charge on any atom is 0.411 e. The summed E-state index contributed by atoms with van der Waals surface area (Å²) in [6.07, 6.45) is 0.970. The predicted octanol–water partition coefficient (Wildman–Crippen LogP) is 2.55. The highest BCUT2D eigenvalue weighted by atomic mass is 127. The van der Waals surface area contributed by atoms with Crippen LogP contribution in [0.1, 0.15) is 32.3 Å². The average Bonchev–Trinajstić information content (AvgIpc) is 3.15. The van der Waals surface area contributed by atoms with Crippen molar-refractivity contribution in [2.75, 3.05) is 32.1 Å². The number of anilines is 1. The topological polar surface area (TPSA) is 95.1 Å². The molecule has 156 valence electrons. The lowest BCUT2D eigenvalue weighted by atomic mass is 10.2. The van der Waals surface area contributed by atoms with Gasteiger partial charge in [0.1, 0.15) is 0 Å². The van der Waals surface area contributed by atoms with E-state index < -0.39 is 6.09 Å². The molecule has 28 heavy (non-hydrogen) atoms. The second-order valence-corrected chi connectivity index (χ2v) is 6.33. The standard InChI is InChI=1S/C19H29N5O3.HI/c1-4-17(25)24-11-10-16(13-24)22-18(20-5-2)21-12-14-6-8-15(9-7-14)23-19(26)27-3;/h6-9,16H,4-5,10-13H2,1-3H3,(H,23,26)(H2,20,21,22);1H. The second-order valence-electron chi connectivity index (χ2n) is 6.33. The normalized spacial score (nSPS) is 16.2. The molecule has 0 spiro atoms. The molecule has 1 fully saturated rings. The molecule has 0 saturated carbocycles. The van der Waals surface area contributed by atoms with Crippen molar-refractivity contribution in [3.63, 3.8) is 0 Å². The summed E-state index contributed by atoms with van der Waals surface area (Å²) in [6, 6.07) is 7.66. The first-order valence-corrected chi connectivity index (χ1v) is 9.32. The van der Waals surface area contributed by atoms with Gasteiger partial charge in [0, 0.05) is 37.8 Å². The number of rotatable bonds is 6. The minimum Gasteiger partial charge on any atom is -0.453 e. The van der Waals surface area contributed by atoms with Crippen LogP contribution in [0.5, 0.6) is 0 Å². The van der Waals surface area contributed by atoms with Crippen LogP contribution in [0, 0.1) is 0 Å². The molecule has 0 aliphatic carbocycles. The molecule has 3 N–H and O–H groups in total. The second kappa shape index (κ2) is 12.4. The monoisotopic (exact) mass is 503 g/mol. The number of nitrogens with zero attached hydrogens (tertiary/aromatic N) is 2. The number of halogens is 1. The largest absolute Gasteiger partial charge is 0.453 e. The van der Waals surface area contributed by atoms with Crippen LogP contribution in [0.3, 0.4) is 0 Å². The van der Waals surface area contributed by atoms with Crippen LogP contribution in [0.2, 0.25) is 0 Å². The molecule has 0 aromatic heterocycles. The summed E-state index contributed by atoms with van der Waals surface area (Å²) in [4.78, 5) is 29.5. The summed E-state index contributed by atoms with van der Waals surface area (Å²) >= 11 is 0. The third-order valence-electron chi connectivity index (χ3n) is 4.33. The van der Waals surface area contributed by atoms with Gasteiger partial charge in [0.15, 0.2) is 5.96 Å². The first kappa shape index (κ1) is 24.0. The minimum absolute atomic E-state index is 0. The van der Waals surface area contributed by atoms with E-state index in [0.29, 0.717) is 25.2 Å². The Labute approximate surface area is 183 Å². The van der Waals surface area contributed by atoms with Crippen molar-refractivity contribution in [3.8, 4) is 0 Å². The van der Waals surface area contributed by atoms with E-state index in [-0.39, 0.29) is 35.9 Å². The van der Waals surface area contributed by atoms with Crippen LogP contribution in [0.15, 0.2) is 29.3 Å². The molecule has 1 aromatic carbocycles. The molecule has 1 unspecified atom stereocenters. The lowest BCUT2D eigenvalue weighted by Crippen LogP contribution is -2.45. The van der Waals surface area contributed by atoms with E-state index in [9.17, 15) is 9.59 Å². The number of benzene rings is 1. The smallest absolute Gasteiger partial charge is 0.411 e. The van der Waals surface area contributed by atoms with Gasteiger partial charge >= 0.3 is 6.09 Å². The number of hydrogen-bond donors (Lipinski definition) is 3. The summed E-state index contributed by atoms with van der Waals surface area (Å²) in [7, 11) is 1.33. The number of amides is 2. The zero-order chi connectivity index (χ0) is 19.6. The molecule has 0 bridgehead atoms. The minimum atomic E-state index is -0.494. The first-order chi connectivity index (χ1) is 13.0. The van der Waals surface area contributed by atoms with E-state index in [1.54, 1.807) is 0 Å². The average molecular weight is 503 g/mol. The van der Waals surface area contributed by atoms with Crippen molar-refractivity contribution < 1.29 is 14.3 Å². The predicted molar refractivity (Wildman–Crippen MR) is 121 cm³/mol. The summed E-state index contributed by atoms with van der Waals surface area (Å²) in [5.74, 6) is 0.937. The highest BCUT2D eigenvalue weighted by Crippen LogP contribution is 2.12. The third-order valence-corrected chi connectivity index (χ3v) is 4.33. The highest BCUT2D eigenvalue weighted by Gasteiger charge is 2.25. The number of guanidine groups is 1. The van der Waals surface area contributed by atoms with Gasteiger partial charge in [-0.15, -0.1) is 24.0 Å². The fraction of sp³-hybridized carbons (Fsp3) is 0.526. The Morgan fingerprint density at radius 3 is 2.57 bits per heavy atom. The van der Waals surface area contributed by atoms with Crippen molar-refractivity contribution in [1.82, 2.24) is 15.5 Å². The fourth-order valence-electron chi connectivity index (χ4n) is 2.87. The van der Waals surface area contributed by atoms with Crippen LogP contribution in [0.25, 0.3) is 0 Å². The molecule has 1 saturated heterocycles. The SMILES string of the molecule is CCNC(=NCc1ccc(NC(=O)OC)cc1)NC1CCN(C(=O)CC)C1.I. The van der Waals surface area contributed by atoms with Gasteiger partial charge in [-0.05, 0) is 31.0 Å². The maximum absolute atomic E-state index is 11.8. The number of methoxy groups -OCH3 is 1. The Bertz CT molecular complexity index is 666. The summed E-state index contributed by atoms with van der Waals surface area (Å²) < 4.78 is 4.57. The number of carbonyl (C=O) groups excluding carboxylic acids is 2. The molecular formula is C19H30IN5O3. The summed E-state index contributed by atoms with van der Waals surface area (Å²) in [5, 5.41) is 9.27. The molecule has 1 atom stereocenters. The fourth-order valence-corrected chi connectivity index (χ4v) is 2.87. The quantitative estimate of drug-likeness (QED) is 0.315. The summed E-state index contributed by atoms with van der Waals surface area (Å²) in [6.45, 7) is 6.69. The van der Waals surface area contributed by atoms with Crippen LogP contribution in [-0.2, 0) is 16.1 Å². The van der Waals surface area contributed by atoms with Crippen LogP contribution >= 0.6 is 24.0 Å². The van der Waals surface area contributed by atoms with Crippen molar-refractivity contribution in [3.05, 3.63) is 29.8 Å². The third kappa shape index (κ3) is 7.53. The Hall–Kier alpha value is -2.04. The van der Waals surface area contributed by atoms with E-state index >= 15 is 0 Å². The van der Waals surface area contributed by atoms with Crippen LogP contribution in [-0.4, -0.2) is 55.6 Å². The molecule has 1 aliphatic rings. The molecule has 1 heterocycles. The van der Waals surface area contributed by atoms with Gasteiger partial charge < -0.3 is 20.3 Å². The van der Waals surface area contributed by atoms with Crippen molar-refractivity contribution in [2.45, 2.75) is 39.3 Å². The molecule has 0 radical (unpaired) electrons. The number of ether oxygens (including phenoxy) is 1. The number of likely N-dealkylation sites (tertiary alicyclic amines) is 1. The van der Waals surface area contributed by atoms with Gasteiger partial charge in [0.25, 0.3) is 0 Å². The Morgan fingerprint density at radius 1 is 1.25 bits per heavy atom. The highest BCUT2D eigenvalue weighted by molar-refractivity contribution is 14.0. The molecular weight excluding hydrogens is 473 g/mol. The van der Waals surface area contributed by atoms with Gasteiger partial charge in [-0.25, -0.2) is 9.79 Å². The Morgan fingerprint density at radius 2 is 1.96 bits per heavy atom. The van der Waals surface area contributed by atoms with Gasteiger partial charge in [-0.2, -0.15) is 0 Å². The van der Waals surface area contributed by atoms with Gasteiger partial charge in [0.2, 0.25) is 5.91 Å². The van der Waals surface area contributed by atoms with Crippen molar-refractivity contribution in [1.29, 1.82) is 0 Å². The first-order valence-electron chi connectivity index (χ1n) is 9.32. The van der Waals surface area contributed by atoms with Crippen LogP contribution < -0.4 is 16.0 Å². The van der Waals surface area contributed by atoms with E-state index in [1.807, 2.05) is 43.0 Å². The van der Waals surface area contributed by atoms with E-state index in [2.05, 4.69) is 25.7 Å². The van der Waals surface area contributed by atoms with E-state index in [4.69, 9.17) is 0 Å². The van der Waals surface area contributed by atoms with E-state index in [1.165, 1.54) is 7.11 Å². The maximum atomic E-state index is 11.8. The molecule has 2 rings (SSSR count). The number of aliphatic imine (C=N–C) groups is 1. The van der Waals surface area contributed by atoms with E-state index in [0.717, 1.165) is 31.0 Å². The molecule has 2 amide bonds. The Kier molecular flexibility index (Phi) is 10.6. The molecule has 8 nitrogen and oxygen atoms in total. The lowest BCUT2D eigenvalue weighted by Gasteiger charge is -2.18. The molecule has 9 heteroatoms. The van der Waals surface area contributed by atoms with Crippen LogP contribution in [0.4, 0.5) is 10.5 Å². The van der Waals surface area contributed by atoms with Crippen molar-refractivity contribution >= 4 is 47.6 Å². The van der Waals surface area contributed by atoms with Gasteiger partial charge in [-0.3, -0.25) is 10.1 Å². The van der Waals surface area contributed by atoms with Crippen molar-refractivity contribution in [2.24, 2.45) is 4.99 Å². The number of nitrogens with one attached hydrogen (secondary N) is 3. The number of carbonyl (C=O) groups is 2. The molecule has 1 aromatic rings. The zero-order valence-electron chi connectivity index (χ0n) is 16.7. The van der Waals surface area contributed by atoms with Gasteiger partial charge in [-0.1, -0.05) is 19.1 Å². The van der Waals surface area contributed by atoms with Gasteiger partial charge in [0.05, 0.1) is 13.7 Å². The number of hydrogen-bond acceptors (Lipinski definition) is 4. The zero-order valence-corrected chi connectivity index (χ0v) is 19.0. The lowest BCUT2D eigenvalue weighted by molar-refractivity contribution is -0.129.